The van der Waals surface area contributed by atoms with Gasteiger partial charge in [-0.3, -0.25) is 14.4 Å². The van der Waals surface area contributed by atoms with Gasteiger partial charge in [-0.15, -0.1) is 0 Å². The van der Waals surface area contributed by atoms with Crippen LogP contribution in [0, 0.1) is 17.8 Å². The minimum atomic E-state index is -0.814. The van der Waals surface area contributed by atoms with Crippen molar-refractivity contribution in [3.63, 3.8) is 0 Å². The summed E-state index contributed by atoms with van der Waals surface area (Å²) in [5.41, 5.74) is 0. The summed E-state index contributed by atoms with van der Waals surface area (Å²) in [5.74, 6) is -1.92. The quantitative estimate of drug-likeness (QED) is 0.778. The van der Waals surface area contributed by atoms with Gasteiger partial charge in [0.2, 0.25) is 5.91 Å². The number of carbonyl (C=O) groups excluding carboxylic acids is 2. The fourth-order valence-corrected chi connectivity index (χ4v) is 3.22. The summed E-state index contributed by atoms with van der Waals surface area (Å²) < 4.78 is 4.74. The van der Waals surface area contributed by atoms with E-state index in [4.69, 9.17) is 9.84 Å². The lowest BCUT2D eigenvalue weighted by Gasteiger charge is -2.33. The van der Waals surface area contributed by atoms with Gasteiger partial charge >= 0.3 is 11.9 Å². The Kier molecular flexibility index (Phi) is 4.62. The highest BCUT2D eigenvalue weighted by Gasteiger charge is 2.38. The third-order valence-electron chi connectivity index (χ3n) is 4.40. The highest BCUT2D eigenvalue weighted by atomic mass is 16.5. The zero-order valence-electron chi connectivity index (χ0n) is 11.7. The molecule has 20 heavy (non-hydrogen) atoms. The summed E-state index contributed by atoms with van der Waals surface area (Å²) in [4.78, 5) is 36.6. The number of piperidine rings is 1. The van der Waals surface area contributed by atoms with Gasteiger partial charge in [-0.2, -0.15) is 0 Å². The Hall–Kier alpha value is -1.59. The molecule has 6 nitrogen and oxygen atoms in total. The standard InChI is InChI=1S/C14H21NO5/c1-20-14(19)11-3-2-6-15(8-11)12(16)9-4-5-10(7-9)13(17)18/h9-11H,2-8H2,1H3,(H,17,18)/t9-,10+,11?/m1/s1. The molecule has 1 saturated carbocycles. The van der Waals surface area contributed by atoms with Crippen molar-refractivity contribution in [2.24, 2.45) is 17.8 Å². The molecule has 1 amide bonds. The first-order chi connectivity index (χ1) is 9.52. The molecule has 0 radical (unpaired) electrons. The van der Waals surface area contributed by atoms with Crippen LogP contribution in [0.2, 0.25) is 0 Å². The third kappa shape index (κ3) is 3.11. The second-order valence-electron chi connectivity index (χ2n) is 5.69. The molecule has 2 fully saturated rings. The van der Waals surface area contributed by atoms with Gasteiger partial charge in [0.05, 0.1) is 18.9 Å². The molecule has 1 N–H and O–H groups in total. The average molecular weight is 283 g/mol. The van der Waals surface area contributed by atoms with Crippen LogP contribution < -0.4 is 0 Å². The second kappa shape index (κ2) is 6.24. The molecule has 0 aromatic heterocycles. The fraction of sp³-hybridized carbons (Fsp3) is 0.786. The highest BCUT2D eigenvalue weighted by Crippen LogP contribution is 2.33. The SMILES string of the molecule is COC(=O)C1CCCN(C(=O)[C@@H]2CC[C@H](C(=O)O)C2)C1. The van der Waals surface area contributed by atoms with E-state index < -0.39 is 11.9 Å². The van der Waals surface area contributed by atoms with Crippen LogP contribution in [0.1, 0.15) is 32.1 Å². The molecule has 3 atom stereocenters. The normalized spacial score (nSPS) is 30.1. The molecule has 0 aromatic carbocycles. The molecule has 1 saturated heterocycles. The third-order valence-corrected chi connectivity index (χ3v) is 4.40. The van der Waals surface area contributed by atoms with E-state index in [-0.39, 0.29) is 23.7 Å². The van der Waals surface area contributed by atoms with Crippen molar-refractivity contribution in [1.82, 2.24) is 4.90 Å². The number of carboxylic acids is 1. The molecular weight excluding hydrogens is 262 g/mol. The molecule has 1 aliphatic heterocycles. The summed E-state index contributed by atoms with van der Waals surface area (Å²) in [5, 5.41) is 8.98. The Morgan fingerprint density at radius 2 is 1.80 bits per heavy atom. The molecule has 1 aliphatic carbocycles. The van der Waals surface area contributed by atoms with Gasteiger partial charge in [0.25, 0.3) is 0 Å². The second-order valence-corrected chi connectivity index (χ2v) is 5.69. The number of amides is 1. The molecule has 6 heteroatoms. The summed E-state index contributed by atoms with van der Waals surface area (Å²) in [6, 6.07) is 0. The largest absolute Gasteiger partial charge is 0.481 e. The van der Waals surface area contributed by atoms with E-state index in [2.05, 4.69) is 0 Å². The molecular formula is C14H21NO5. The fourth-order valence-electron chi connectivity index (χ4n) is 3.22. The van der Waals surface area contributed by atoms with Crippen LogP contribution >= 0.6 is 0 Å². The number of esters is 1. The molecule has 112 valence electrons. The number of carboxylic acid groups (broad SMARTS) is 1. The number of aliphatic carboxylic acids is 1. The minimum Gasteiger partial charge on any atom is -0.481 e. The number of methoxy groups -OCH3 is 1. The monoisotopic (exact) mass is 283 g/mol. The summed E-state index contributed by atoms with van der Waals surface area (Å²) in [6.07, 6.45) is 3.17. The maximum Gasteiger partial charge on any atom is 0.310 e. The molecule has 2 aliphatic rings. The molecule has 0 spiro atoms. The zero-order chi connectivity index (χ0) is 14.7. The summed E-state index contributed by atoms with van der Waals surface area (Å²) in [7, 11) is 1.36. The van der Waals surface area contributed by atoms with Crippen LogP contribution in [0.5, 0.6) is 0 Å². The lowest BCUT2D eigenvalue weighted by atomic mass is 9.96. The Bertz CT molecular complexity index is 408. The maximum atomic E-state index is 12.4. The van der Waals surface area contributed by atoms with Gasteiger partial charge < -0.3 is 14.7 Å². The molecule has 2 rings (SSSR count). The van der Waals surface area contributed by atoms with Gasteiger partial charge in [0.1, 0.15) is 0 Å². The predicted molar refractivity (Wildman–Crippen MR) is 69.8 cm³/mol. The van der Waals surface area contributed by atoms with Crippen molar-refractivity contribution >= 4 is 17.8 Å². The van der Waals surface area contributed by atoms with Crippen LogP contribution in [-0.4, -0.2) is 48.1 Å². The Labute approximate surface area is 118 Å². The van der Waals surface area contributed by atoms with E-state index in [1.165, 1.54) is 7.11 Å². The molecule has 0 bridgehead atoms. The van der Waals surface area contributed by atoms with Crippen molar-refractivity contribution < 1.29 is 24.2 Å². The number of rotatable bonds is 3. The lowest BCUT2D eigenvalue weighted by Crippen LogP contribution is -2.44. The Morgan fingerprint density at radius 3 is 2.40 bits per heavy atom. The summed E-state index contributed by atoms with van der Waals surface area (Å²) in [6.45, 7) is 1.06. The number of likely N-dealkylation sites (tertiary alicyclic amines) is 1. The van der Waals surface area contributed by atoms with Crippen LogP contribution in [0.25, 0.3) is 0 Å². The van der Waals surface area contributed by atoms with Crippen LogP contribution in [0.3, 0.4) is 0 Å². The van der Waals surface area contributed by atoms with E-state index in [0.29, 0.717) is 32.4 Å². The first-order valence-electron chi connectivity index (χ1n) is 7.12. The van der Waals surface area contributed by atoms with E-state index in [1.54, 1.807) is 4.90 Å². The Balaban J connectivity index is 1.92. The van der Waals surface area contributed by atoms with E-state index in [0.717, 1.165) is 12.8 Å². The lowest BCUT2D eigenvalue weighted by molar-refractivity contribution is -0.149. The van der Waals surface area contributed by atoms with Gasteiger partial charge in [0.15, 0.2) is 0 Å². The van der Waals surface area contributed by atoms with E-state index >= 15 is 0 Å². The van der Waals surface area contributed by atoms with Crippen LogP contribution in [0.15, 0.2) is 0 Å². The van der Waals surface area contributed by atoms with Crippen molar-refractivity contribution in [2.45, 2.75) is 32.1 Å². The van der Waals surface area contributed by atoms with Crippen molar-refractivity contribution in [3.8, 4) is 0 Å². The zero-order valence-corrected chi connectivity index (χ0v) is 11.7. The van der Waals surface area contributed by atoms with E-state index in [1.807, 2.05) is 0 Å². The highest BCUT2D eigenvalue weighted by molar-refractivity contribution is 5.82. The van der Waals surface area contributed by atoms with Gasteiger partial charge in [-0.25, -0.2) is 0 Å². The van der Waals surface area contributed by atoms with Crippen LogP contribution in [0.4, 0.5) is 0 Å². The maximum absolute atomic E-state index is 12.4. The van der Waals surface area contributed by atoms with Crippen molar-refractivity contribution in [1.29, 1.82) is 0 Å². The van der Waals surface area contributed by atoms with Gasteiger partial charge in [-0.1, -0.05) is 0 Å². The van der Waals surface area contributed by atoms with Crippen LogP contribution in [-0.2, 0) is 19.1 Å². The van der Waals surface area contributed by atoms with Crippen molar-refractivity contribution in [2.75, 3.05) is 20.2 Å². The van der Waals surface area contributed by atoms with Gasteiger partial charge in [0, 0.05) is 19.0 Å². The first-order valence-corrected chi connectivity index (χ1v) is 7.12. The van der Waals surface area contributed by atoms with E-state index in [9.17, 15) is 14.4 Å². The van der Waals surface area contributed by atoms with Gasteiger partial charge in [-0.05, 0) is 32.1 Å². The number of carbonyl (C=O) groups is 3. The number of ether oxygens (including phenoxy) is 1. The van der Waals surface area contributed by atoms with Crippen molar-refractivity contribution in [3.05, 3.63) is 0 Å². The number of nitrogens with zero attached hydrogens (tertiary/aromatic N) is 1. The smallest absolute Gasteiger partial charge is 0.310 e. The first kappa shape index (κ1) is 14.8. The summed E-state index contributed by atoms with van der Waals surface area (Å²) >= 11 is 0. The molecule has 0 aromatic rings. The topological polar surface area (TPSA) is 83.9 Å². The number of hydrogen-bond donors (Lipinski definition) is 1. The predicted octanol–water partition coefficient (Wildman–Crippen LogP) is 0.899. The average Bonchev–Trinajstić information content (AvgIpc) is 2.95. The minimum absolute atomic E-state index is 0.00218. The Morgan fingerprint density at radius 1 is 1.10 bits per heavy atom. The molecule has 1 unspecified atom stereocenters. The number of hydrogen-bond acceptors (Lipinski definition) is 4. The molecule has 1 heterocycles.